The van der Waals surface area contributed by atoms with Gasteiger partial charge in [0.05, 0.1) is 10.6 Å². The van der Waals surface area contributed by atoms with Crippen molar-refractivity contribution in [2.45, 2.75) is 26.3 Å². The lowest BCUT2D eigenvalue weighted by Crippen LogP contribution is -2.44. The molecule has 9 heteroatoms. The van der Waals surface area contributed by atoms with Gasteiger partial charge in [-0.05, 0) is 42.7 Å². The minimum absolute atomic E-state index is 0.182. The molecule has 2 amide bonds. The molecule has 0 aliphatic carbocycles. The molecule has 0 saturated carbocycles. The molecule has 1 aromatic heterocycles. The van der Waals surface area contributed by atoms with Gasteiger partial charge in [-0.2, -0.15) is 0 Å². The highest BCUT2D eigenvalue weighted by atomic mass is 35.5. The summed E-state index contributed by atoms with van der Waals surface area (Å²) in [5, 5.41) is 14.3. The van der Waals surface area contributed by atoms with Crippen molar-refractivity contribution in [3.8, 4) is 11.4 Å². The van der Waals surface area contributed by atoms with Crippen LogP contribution >= 0.6 is 23.2 Å². The van der Waals surface area contributed by atoms with E-state index in [1.54, 1.807) is 23.0 Å². The van der Waals surface area contributed by atoms with Crippen LogP contribution in [0.3, 0.4) is 0 Å². The van der Waals surface area contributed by atoms with Gasteiger partial charge in [-0.15, -0.1) is 10.2 Å². The number of aromatic nitrogens is 3. The Hall–Kier alpha value is -2.90. The van der Waals surface area contributed by atoms with Gasteiger partial charge in [0.1, 0.15) is 12.4 Å². The number of halogens is 2. The van der Waals surface area contributed by atoms with Crippen LogP contribution in [0.4, 0.5) is 5.69 Å². The van der Waals surface area contributed by atoms with Gasteiger partial charge in [0.15, 0.2) is 5.82 Å². The molecule has 0 aliphatic rings. The summed E-state index contributed by atoms with van der Waals surface area (Å²) < 4.78 is 1.79. The third kappa shape index (κ3) is 5.83. The van der Waals surface area contributed by atoms with Crippen LogP contribution in [-0.2, 0) is 11.8 Å². The molecule has 0 fully saturated rings. The third-order valence-corrected chi connectivity index (χ3v) is 5.15. The number of carbonyl (C=O) groups excluding carboxylic acids is 2. The molecule has 1 unspecified atom stereocenters. The monoisotopic (exact) mass is 459 g/mol. The Morgan fingerprint density at radius 3 is 2.55 bits per heavy atom. The molecular formula is C22H23Cl2N5O2. The fraction of sp³-hybridized carbons (Fsp3) is 0.273. The van der Waals surface area contributed by atoms with Crippen LogP contribution in [0.1, 0.15) is 30.6 Å². The molecule has 162 valence electrons. The third-order valence-electron chi connectivity index (χ3n) is 4.60. The smallest absolute Gasteiger partial charge is 0.253 e. The molecule has 0 radical (unpaired) electrons. The molecule has 1 heterocycles. The SMILES string of the molecule is CC(C)CC(NC(=O)c1ccc(Cl)cc1Cl)C(=O)Nc1cccc(-c2nncn2C)c1. The fourth-order valence-corrected chi connectivity index (χ4v) is 3.62. The predicted molar refractivity (Wildman–Crippen MR) is 122 cm³/mol. The number of hydrogen-bond acceptors (Lipinski definition) is 4. The minimum atomic E-state index is -0.738. The Bertz CT molecular complexity index is 1100. The molecule has 0 bridgehead atoms. The van der Waals surface area contributed by atoms with E-state index in [0.29, 0.717) is 23.0 Å². The van der Waals surface area contributed by atoms with Crippen molar-refractivity contribution in [2.75, 3.05) is 5.32 Å². The summed E-state index contributed by atoms with van der Waals surface area (Å²) in [5.74, 6) is 0.111. The molecular weight excluding hydrogens is 437 g/mol. The van der Waals surface area contributed by atoms with E-state index in [-0.39, 0.29) is 22.4 Å². The second-order valence-corrected chi connectivity index (χ2v) is 8.46. The Morgan fingerprint density at radius 1 is 1.13 bits per heavy atom. The normalized spacial score (nSPS) is 11.9. The standard InChI is InChI=1S/C22H23Cl2N5O2/c1-13(2)9-19(27-21(30)17-8-7-15(23)11-18(17)24)22(31)26-16-6-4-5-14(10-16)20-28-25-12-29(20)3/h4-8,10-13,19H,9H2,1-3H3,(H,26,31)(H,27,30). The Kier molecular flexibility index (Phi) is 7.30. The van der Waals surface area contributed by atoms with Crippen LogP contribution in [-0.4, -0.2) is 32.6 Å². The maximum Gasteiger partial charge on any atom is 0.253 e. The summed E-state index contributed by atoms with van der Waals surface area (Å²) >= 11 is 12.0. The average Bonchev–Trinajstić information content (AvgIpc) is 3.13. The van der Waals surface area contributed by atoms with Gasteiger partial charge in [0.25, 0.3) is 5.91 Å². The number of nitrogens with one attached hydrogen (secondary N) is 2. The van der Waals surface area contributed by atoms with Gasteiger partial charge in [0.2, 0.25) is 5.91 Å². The van der Waals surface area contributed by atoms with Gasteiger partial charge >= 0.3 is 0 Å². The Balaban J connectivity index is 1.77. The summed E-state index contributed by atoms with van der Waals surface area (Å²) in [4.78, 5) is 25.7. The van der Waals surface area contributed by atoms with Gasteiger partial charge in [-0.1, -0.05) is 49.2 Å². The summed E-state index contributed by atoms with van der Waals surface area (Å²) in [5.41, 5.74) is 1.67. The molecule has 3 aromatic rings. The van der Waals surface area contributed by atoms with Crippen molar-refractivity contribution < 1.29 is 9.59 Å². The highest BCUT2D eigenvalue weighted by Gasteiger charge is 2.24. The molecule has 0 spiro atoms. The minimum Gasteiger partial charge on any atom is -0.340 e. The van der Waals surface area contributed by atoms with Gasteiger partial charge in [-0.3, -0.25) is 9.59 Å². The highest BCUT2D eigenvalue weighted by Crippen LogP contribution is 2.22. The average molecular weight is 460 g/mol. The number of anilines is 1. The van der Waals surface area contributed by atoms with E-state index in [1.807, 2.05) is 39.1 Å². The van der Waals surface area contributed by atoms with E-state index in [4.69, 9.17) is 23.2 Å². The van der Waals surface area contributed by atoms with Crippen molar-refractivity contribution in [1.82, 2.24) is 20.1 Å². The predicted octanol–water partition coefficient (Wildman–Crippen LogP) is 4.57. The van der Waals surface area contributed by atoms with Crippen LogP contribution < -0.4 is 10.6 Å². The van der Waals surface area contributed by atoms with E-state index in [1.165, 1.54) is 12.1 Å². The van der Waals surface area contributed by atoms with Crippen LogP contribution in [0.15, 0.2) is 48.8 Å². The summed E-state index contributed by atoms with van der Waals surface area (Å²) in [7, 11) is 1.84. The second kappa shape index (κ2) is 9.94. The quantitative estimate of drug-likeness (QED) is 0.541. The van der Waals surface area contributed by atoms with E-state index in [9.17, 15) is 9.59 Å². The highest BCUT2D eigenvalue weighted by molar-refractivity contribution is 6.36. The second-order valence-electron chi connectivity index (χ2n) is 7.62. The van der Waals surface area contributed by atoms with Crippen molar-refractivity contribution in [3.63, 3.8) is 0 Å². The molecule has 3 rings (SSSR count). The molecule has 7 nitrogen and oxygen atoms in total. The zero-order valence-electron chi connectivity index (χ0n) is 17.4. The number of benzene rings is 2. The van der Waals surface area contributed by atoms with Crippen molar-refractivity contribution in [3.05, 3.63) is 64.4 Å². The zero-order valence-corrected chi connectivity index (χ0v) is 18.9. The Morgan fingerprint density at radius 2 is 1.90 bits per heavy atom. The van der Waals surface area contributed by atoms with Crippen LogP contribution in [0, 0.1) is 5.92 Å². The maximum absolute atomic E-state index is 13.0. The van der Waals surface area contributed by atoms with Crippen LogP contribution in [0.25, 0.3) is 11.4 Å². The number of carbonyl (C=O) groups is 2. The number of nitrogens with zero attached hydrogens (tertiary/aromatic N) is 3. The number of hydrogen-bond donors (Lipinski definition) is 2. The number of amides is 2. The van der Waals surface area contributed by atoms with E-state index in [0.717, 1.165) is 5.56 Å². The fourth-order valence-electron chi connectivity index (χ4n) is 3.12. The number of rotatable bonds is 7. The van der Waals surface area contributed by atoms with E-state index >= 15 is 0 Å². The Labute approximate surface area is 190 Å². The van der Waals surface area contributed by atoms with Crippen LogP contribution in [0.5, 0.6) is 0 Å². The summed E-state index contributed by atoms with van der Waals surface area (Å²) in [6.45, 7) is 3.97. The lowest BCUT2D eigenvalue weighted by Gasteiger charge is -2.21. The first-order valence-electron chi connectivity index (χ1n) is 9.75. The lowest BCUT2D eigenvalue weighted by molar-refractivity contribution is -0.118. The van der Waals surface area contributed by atoms with Gasteiger partial charge < -0.3 is 15.2 Å². The maximum atomic E-state index is 13.0. The molecule has 0 saturated heterocycles. The first-order chi connectivity index (χ1) is 14.7. The summed E-state index contributed by atoms with van der Waals surface area (Å²) in [6, 6.07) is 11.2. The molecule has 2 N–H and O–H groups in total. The summed E-state index contributed by atoms with van der Waals surface area (Å²) in [6.07, 6.45) is 2.07. The first kappa shape index (κ1) is 22.8. The lowest BCUT2D eigenvalue weighted by atomic mass is 10.0. The topological polar surface area (TPSA) is 88.9 Å². The van der Waals surface area contributed by atoms with E-state index < -0.39 is 11.9 Å². The first-order valence-corrected chi connectivity index (χ1v) is 10.5. The molecule has 31 heavy (non-hydrogen) atoms. The van der Waals surface area contributed by atoms with Crippen molar-refractivity contribution in [1.29, 1.82) is 0 Å². The van der Waals surface area contributed by atoms with Gasteiger partial charge in [0, 0.05) is 23.3 Å². The van der Waals surface area contributed by atoms with Gasteiger partial charge in [-0.25, -0.2) is 0 Å². The molecule has 0 aliphatic heterocycles. The number of aryl methyl sites for hydroxylation is 1. The molecule has 2 aromatic carbocycles. The van der Waals surface area contributed by atoms with Crippen molar-refractivity contribution >= 4 is 40.7 Å². The largest absolute Gasteiger partial charge is 0.340 e. The van der Waals surface area contributed by atoms with Crippen LogP contribution in [0.2, 0.25) is 10.0 Å². The van der Waals surface area contributed by atoms with E-state index in [2.05, 4.69) is 20.8 Å². The van der Waals surface area contributed by atoms with Crippen molar-refractivity contribution in [2.24, 2.45) is 13.0 Å². The zero-order chi connectivity index (χ0) is 22.5. The molecule has 1 atom stereocenters.